The number of hydrogen-bond donors (Lipinski definition) is 5. The number of likely N-dealkylation sites (tertiary alicyclic amines) is 1. The third-order valence-electron chi connectivity index (χ3n) is 11.9. The Kier molecular flexibility index (Phi) is 12.1. The fraction of sp³-hybridized carbons (Fsp3) is 0.659. The largest absolute Gasteiger partial charge is 0.351 e. The zero-order valence-electron chi connectivity index (χ0n) is 32.1. The summed E-state index contributed by atoms with van der Waals surface area (Å²) in [5.41, 5.74) is 0.0207. The molecule has 1 saturated heterocycles. The maximum absolute atomic E-state index is 14.9. The van der Waals surface area contributed by atoms with E-state index in [2.05, 4.69) is 26.3 Å². The number of rotatable bonds is 13. The van der Waals surface area contributed by atoms with Crippen molar-refractivity contribution < 1.29 is 33.2 Å². The molecule has 1 aromatic heterocycles. The summed E-state index contributed by atoms with van der Waals surface area (Å²) in [6.45, 7) is 7.48. The van der Waals surface area contributed by atoms with Crippen LogP contribution >= 0.6 is 0 Å². The molecule has 0 bridgehead atoms. The highest BCUT2D eigenvalue weighted by atomic mass is 19.1. The molecular weight excluding hydrogens is 691 g/mol. The molecule has 1 aliphatic heterocycles. The molecule has 13 heteroatoms. The van der Waals surface area contributed by atoms with Crippen LogP contribution in [-0.4, -0.2) is 81.5 Å². The first-order chi connectivity index (χ1) is 25.7. The molecule has 5 amide bonds. The zero-order valence-corrected chi connectivity index (χ0v) is 32.1. The first-order valence-corrected chi connectivity index (χ1v) is 20.1. The fourth-order valence-electron chi connectivity index (χ4n) is 8.82. The number of fused-ring (bicyclic) bond motifs is 2. The van der Waals surface area contributed by atoms with Crippen LogP contribution in [0.25, 0.3) is 10.9 Å². The molecule has 5 N–H and O–H groups in total. The van der Waals surface area contributed by atoms with Gasteiger partial charge >= 0.3 is 0 Å². The highest BCUT2D eigenvalue weighted by Crippen LogP contribution is 2.41. The number of aromatic amines is 1. The minimum absolute atomic E-state index is 0.000567. The van der Waals surface area contributed by atoms with Crippen LogP contribution < -0.4 is 21.3 Å². The SMILES string of the molecule is CCC[C@H](NC(=O)[C@@H]1C[C@@H]2CCCC[C@@H]2N1C(=O)[C@@H](NC(=O)C(NC(=O)c1cc2cc(F)ccc2[nH]1)C1CCCCC1)C(C)(C)C)C(=O)C(=O)NC1CC1. The van der Waals surface area contributed by atoms with Gasteiger partial charge in [0, 0.05) is 23.0 Å². The molecule has 294 valence electrons. The lowest BCUT2D eigenvalue weighted by atomic mass is 9.81. The lowest BCUT2D eigenvalue weighted by molar-refractivity contribution is -0.147. The summed E-state index contributed by atoms with van der Waals surface area (Å²) in [4.78, 5) is 87.7. The second kappa shape index (κ2) is 16.6. The van der Waals surface area contributed by atoms with E-state index in [1.54, 1.807) is 17.0 Å². The van der Waals surface area contributed by atoms with Crippen LogP contribution in [0.5, 0.6) is 0 Å². The van der Waals surface area contributed by atoms with Crippen molar-refractivity contribution >= 4 is 46.2 Å². The van der Waals surface area contributed by atoms with Crippen LogP contribution in [-0.2, 0) is 24.0 Å². The van der Waals surface area contributed by atoms with Crippen molar-refractivity contribution in [1.29, 1.82) is 0 Å². The van der Waals surface area contributed by atoms with E-state index < -0.39 is 64.8 Å². The summed E-state index contributed by atoms with van der Waals surface area (Å²) in [5, 5.41) is 12.1. The van der Waals surface area contributed by atoms with E-state index in [0.29, 0.717) is 30.2 Å². The first kappa shape index (κ1) is 39.4. The minimum atomic E-state index is -1.03. The van der Waals surface area contributed by atoms with Crippen molar-refractivity contribution in [3.8, 4) is 0 Å². The van der Waals surface area contributed by atoms with Gasteiger partial charge in [-0.15, -0.1) is 0 Å². The standard InChI is InChI=1S/C41H57FN6O6/c1-5-11-29(34(49)39(53)43-27-17-18-27)45-37(51)32-22-24-14-9-10-15-31(24)48(32)40(54)35(41(2,3)4)47-38(52)33(23-12-7-6-8-13-23)46-36(50)30-21-25-20-26(42)16-19-28(25)44-30/h16,19-21,23-24,27,29,31-33,35,44H,5-15,17-18,22H2,1-4H3,(H,43,53)(H,45,51)(H,46,50)(H,47,52)/t24-,29-,31-,32-,33?,35+/m0/s1. The number of hydrogen-bond acceptors (Lipinski definition) is 6. The van der Waals surface area contributed by atoms with Crippen molar-refractivity contribution in [2.75, 3.05) is 0 Å². The smallest absolute Gasteiger partial charge is 0.289 e. The van der Waals surface area contributed by atoms with Gasteiger partial charge in [0.25, 0.3) is 11.8 Å². The molecule has 6 rings (SSSR count). The summed E-state index contributed by atoms with van der Waals surface area (Å²) >= 11 is 0. The maximum Gasteiger partial charge on any atom is 0.289 e. The third kappa shape index (κ3) is 8.97. The highest BCUT2D eigenvalue weighted by molar-refractivity contribution is 6.38. The van der Waals surface area contributed by atoms with Gasteiger partial charge in [0.2, 0.25) is 23.5 Å². The molecule has 2 aromatic rings. The molecule has 1 aromatic carbocycles. The predicted octanol–water partition coefficient (Wildman–Crippen LogP) is 4.81. The number of amides is 5. The molecule has 3 aliphatic carbocycles. The average molecular weight is 749 g/mol. The summed E-state index contributed by atoms with van der Waals surface area (Å²) in [6, 6.07) is 1.73. The number of carbonyl (C=O) groups excluding carboxylic acids is 6. The molecule has 1 unspecified atom stereocenters. The summed E-state index contributed by atoms with van der Waals surface area (Å²) < 4.78 is 13.9. The Morgan fingerprint density at radius 2 is 1.59 bits per heavy atom. The number of halogens is 1. The van der Waals surface area contributed by atoms with Crippen molar-refractivity contribution in [2.24, 2.45) is 17.3 Å². The van der Waals surface area contributed by atoms with Gasteiger partial charge in [-0.2, -0.15) is 0 Å². The number of nitrogens with one attached hydrogen (secondary N) is 5. The van der Waals surface area contributed by atoms with Gasteiger partial charge in [0.15, 0.2) is 0 Å². The van der Waals surface area contributed by atoms with E-state index >= 15 is 0 Å². The number of Topliss-reactive ketones (excluding diaryl/α,β-unsaturated/α-hetero) is 1. The number of H-pyrrole nitrogens is 1. The van der Waals surface area contributed by atoms with Crippen molar-refractivity contribution in [2.45, 2.75) is 154 Å². The van der Waals surface area contributed by atoms with Crippen molar-refractivity contribution in [3.05, 3.63) is 35.8 Å². The van der Waals surface area contributed by atoms with E-state index in [4.69, 9.17) is 0 Å². The molecule has 12 nitrogen and oxygen atoms in total. The lowest BCUT2D eigenvalue weighted by Crippen LogP contribution is -2.63. The average Bonchev–Trinajstić information content (AvgIpc) is 3.71. The number of ketones is 1. The van der Waals surface area contributed by atoms with E-state index in [0.717, 1.165) is 70.6 Å². The molecule has 2 heterocycles. The van der Waals surface area contributed by atoms with Gasteiger partial charge in [0.05, 0.1) is 6.04 Å². The zero-order chi connectivity index (χ0) is 38.7. The Morgan fingerprint density at radius 3 is 2.28 bits per heavy atom. The van der Waals surface area contributed by atoms with Gasteiger partial charge < -0.3 is 31.2 Å². The Labute approximate surface area is 316 Å². The summed E-state index contributed by atoms with van der Waals surface area (Å²) in [7, 11) is 0. The van der Waals surface area contributed by atoms with Crippen LogP contribution in [0.2, 0.25) is 0 Å². The van der Waals surface area contributed by atoms with Gasteiger partial charge in [-0.25, -0.2) is 4.39 Å². The van der Waals surface area contributed by atoms with Crippen LogP contribution in [0, 0.1) is 23.1 Å². The first-order valence-electron chi connectivity index (χ1n) is 20.1. The fourth-order valence-corrected chi connectivity index (χ4v) is 8.82. The van der Waals surface area contributed by atoms with E-state index in [9.17, 15) is 33.2 Å². The van der Waals surface area contributed by atoms with Crippen LogP contribution in [0.15, 0.2) is 24.3 Å². The maximum atomic E-state index is 14.9. The summed E-state index contributed by atoms with van der Waals surface area (Å²) in [6.07, 6.45) is 10.8. The number of benzene rings is 1. The van der Waals surface area contributed by atoms with Crippen LogP contribution in [0.4, 0.5) is 4.39 Å². The van der Waals surface area contributed by atoms with Gasteiger partial charge in [-0.05, 0) is 92.9 Å². The highest BCUT2D eigenvalue weighted by Gasteiger charge is 2.51. The van der Waals surface area contributed by atoms with Gasteiger partial charge in [-0.3, -0.25) is 28.8 Å². The Bertz CT molecular complexity index is 1740. The number of aromatic nitrogens is 1. The monoisotopic (exact) mass is 748 g/mol. The normalized spacial score (nSPS) is 23.5. The van der Waals surface area contributed by atoms with E-state index in [-0.39, 0.29) is 35.5 Å². The Morgan fingerprint density at radius 1 is 0.889 bits per heavy atom. The molecule has 4 aliphatic rings. The third-order valence-corrected chi connectivity index (χ3v) is 11.9. The van der Waals surface area contributed by atoms with Crippen molar-refractivity contribution in [3.63, 3.8) is 0 Å². The molecule has 0 spiro atoms. The van der Waals surface area contributed by atoms with E-state index in [1.807, 2.05) is 27.7 Å². The number of carbonyl (C=O) groups is 6. The minimum Gasteiger partial charge on any atom is -0.351 e. The van der Waals surface area contributed by atoms with Gasteiger partial charge in [0.1, 0.15) is 29.6 Å². The quantitative estimate of drug-likeness (QED) is 0.184. The molecule has 54 heavy (non-hydrogen) atoms. The second-order valence-corrected chi connectivity index (χ2v) is 17.1. The van der Waals surface area contributed by atoms with Crippen LogP contribution in [0.1, 0.15) is 128 Å². The van der Waals surface area contributed by atoms with Gasteiger partial charge in [-0.1, -0.05) is 66.2 Å². The molecule has 3 saturated carbocycles. The molecule has 4 fully saturated rings. The van der Waals surface area contributed by atoms with Crippen molar-refractivity contribution in [1.82, 2.24) is 31.2 Å². The number of nitrogens with zero attached hydrogens (tertiary/aromatic N) is 1. The Balaban J connectivity index is 1.23. The lowest BCUT2D eigenvalue weighted by Gasteiger charge is -2.40. The molecule has 0 radical (unpaired) electrons. The Hall–Kier alpha value is -4.29. The molecule has 6 atom stereocenters. The predicted molar refractivity (Wildman–Crippen MR) is 201 cm³/mol. The molecular formula is C41H57FN6O6. The second-order valence-electron chi connectivity index (χ2n) is 17.1. The van der Waals surface area contributed by atoms with E-state index in [1.165, 1.54) is 12.1 Å². The summed E-state index contributed by atoms with van der Waals surface area (Å²) in [5.74, 6) is -3.67. The van der Waals surface area contributed by atoms with Crippen LogP contribution in [0.3, 0.4) is 0 Å². The topological polar surface area (TPSA) is 170 Å².